The van der Waals surface area contributed by atoms with Crippen LogP contribution < -0.4 is 0 Å². The highest BCUT2D eigenvalue weighted by Crippen LogP contribution is 2.16. The van der Waals surface area contributed by atoms with Crippen LogP contribution in [0.1, 0.15) is 26.5 Å². The lowest BCUT2D eigenvalue weighted by Crippen LogP contribution is -2.16. The third-order valence-electron chi connectivity index (χ3n) is 3.47. The van der Waals surface area contributed by atoms with Crippen molar-refractivity contribution in [2.45, 2.75) is 6.92 Å². The number of carbonyl (C=O) groups is 2. The Morgan fingerprint density at radius 3 is 2.44 bits per heavy atom. The van der Waals surface area contributed by atoms with Crippen LogP contribution in [0.5, 0.6) is 0 Å². The number of esters is 1. The van der Waals surface area contributed by atoms with E-state index in [9.17, 15) is 9.59 Å². The van der Waals surface area contributed by atoms with E-state index >= 15 is 0 Å². The number of ether oxygens (including phenoxy) is 1. The van der Waals surface area contributed by atoms with E-state index in [1.54, 1.807) is 31.2 Å². The van der Waals surface area contributed by atoms with Gasteiger partial charge in [0.1, 0.15) is 0 Å². The monoisotopic (exact) mass is 355 g/mol. The lowest BCUT2D eigenvalue weighted by Gasteiger charge is -2.04. The summed E-state index contributed by atoms with van der Waals surface area (Å²) in [5.74, 6) is -1.09. The van der Waals surface area contributed by atoms with Crippen molar-refractivity contribution in [2.24, 2.45) is 0 Å². The van der Waals surface area contributed by atoms with Crippen molar-refractivity contribution >= 4 is 23.4 Å². The molecule has 2 aromatic carbocycles. The van der Waals surface area contributed by atoms with Gasteiger partial charge < -0.3 is 4.74 Å². The van der Waals surface area contributed by atoms with E-state index in [-0.39, 0.29) is 11.5 Å². The maximum atomic E-state index is 12.2. The molecule has 25 heavy (non-hydrogen) atoms. The molecule has 0 saturated carbocycles. The van der Waals surface area contributed by atoms with Crippen molar-refractivity contribution < 1.29 is 14.3 Å². The second-order valence-electron chi connectivity index (χ2n) is 5.24. The molecule has 0 radical (unpaired) electrons. The smallest absolute Gasteiger partial charge is 0.361 e. The van der Waals surface area contributed by atoms with E-state index < -0.39 is 12.6 Å². The van der Waals surface area contributed by atoms with Gasteiger partial charge in [0, 0.05) is 5.56 Å². The number of nitrogens with zero attached hydrogens (tertiary/aromatic N) is 3. The highest BCUT2D eigenvalue weighted by Gasteiger charge is 2.20. The molecule has 126 valence electrons. The summed E-state index contributed by atoms with van der Waals surface area (Å²) in [6.07, 6.45) is 0. The summed E-state index contributed by atoms with van der Waals surface area (Å²) in [5.41, 5.74) is 1.51. The highest BCUT2D eigenvalue weighted by atomic mass is 35.5. The normalized spacial score (nSPS) is 10.5. The van der Waals surface area contributed by atoms with E-state index in [2.05, 4.69) is 10.2 Å². The van der Waals surface area contributed by atoms with Gasteiger partial charge >= 0.3 is 5.97 Å². The molecule has 1 heterocycles. The number of aromatic nitrogens is 3. The van der Waals surface area contributed by atoms with Crippen LogP contribution in [0.4, 0.5) is 0 Å². The number of aryl methyl sites for hydroxylation is 1. The number of ketones is 1. The molecule has 0 spiro atoms. The molecule has 0 atom stereocenters. The molecule has 3 rings (SSSR count). The van der Waals surface area contributed by atoms with Gasteiger partial charge in [0.15, 0.2) is 12.3 Å². The summed E-state index contributed by atoms with van der Waals surface area (Å²) in [6, 6.07) is 15.8. The SMILES string of the molecule is Cc1nn(-c2ccccc2)nc1C(=O)OCC(=O)c1ccccc1Cl. The number of carbonyl (C=O) groups excluding carboxylic acids is 2. The Morgan fingerprint density at radius 2 is 1.72 bits per heavy atom. The van der Waals surface area contributed by atoms with Crippen molar-refractivity contribution in [3.63, 3.8) is 0 Å². The van der Waals surface area contributed by atoms with Crippen molar-refractivity contribution in [3.8, 4) is 5.69 Å². The second-order valence-corrected chi connectivity index (χ2v) is 5.65. The Labute approximate surface area is 149 Å². The number of Topliss-reactive ketones (excluding diaryl/α,β-unsaturated/α-hetero) is 1. The van der Waals surface area contributed by atoms with E-state index in [0.29, 0.717) is 16.3 Å². The zero-order chi connectivity index (χ0) is 17.8. The van der Waals surface area contributed by atoms with Crippen LogP contribution in [0.2, 0.25) is 5.02 Å². The molecule has 1 aromatic heterocycles. The Bertz CT molecular complexity index is 922. The summed E-state index contributed by atoms with van der Waals surface area (Å²) < 4.78 is 5.07. The number of para-hydroxylation sites is 1. The summed E-state index contributed by atoms with van der Waals surface area (Å²) in [6.45, 7) is 1.24. The quantitative estimate of drug-likeness (QED) is 0.518. The van der Waals surface area contributed by atoms with Crippen LogP contribution in [-0.4, -0.2) is 33.4 Å². The molecule has 0 aliphatic carbocycles. The first-order valence-electron chi connectivity index (χ1n) is 7.50. The second kappa shape index (κ2) is 7.27. The fraction of sp³-hybridized carbons (Fsp3) is 0.111. The first-order valence-corrected chi connectivity index (χ1v) is 7.88. The minimum atomic E-state index is -0.708. The first kappa shape index (κ1) is 16.9. The van der Waals surface area contributed by atoms with Crippen LogP contribution in [0.15, 0.2) is 54.6 Å². The summed E-state index contributed by atoms with van der Waals surface area (Å²) >= 11 is 5.96. The van der Waals surface area contributed by atoms with Crippen molar-refractivity contribution in [1.82, 2.24) is 15.0 Å². The van der Waals surface area contributed by atoms with Crippen LogP contribution in [0.3, 0.4) is 0 Å². The molecular weight excluding hydrogens is 342 g/mol. The predicted molar refractivity (Wildman–Crippen MR) is 92.2 cm³/mol. The Morgan fingerprint density at radius 1 is 1.04 bits per heavy atom. The minimum absolute atomic E-state index is 0.0656. The highest BCUT2D eigenvalue weighted by molar-refractivity contribution is 6.34. The van der Waals surface area contributed by atoms with Crippen LogP contribution >= 0.6 is 11.6 Å². The molecule has 6 nitrogen and oxygen atoms in total. The zero-order valence-electron chi connectivity index (χ0n) is 13.3. The van der Waals surface area contributed by atoms with E-state index in [1.807, 2.05) is 30.3 Å². The van der Waals surface area contributed by atoms with Crippen LogP contribution in [-0.2, 0) is 4.74 Å². The van der Waals surface area contributed by atoms with E-state index in [4.69, 9.17) is 16.3 Å². The average molecular weight is 356 g/mol. The molecule has 0 bridgehead atoms. The number of rotatable bonds is 5. The Hall–Kier alpha value is -2.99. The van der Waals surface area contributed by atoms with Crippen molar-refractivity contribution in [2.75, 3.05) is 6.61 Å². The lowest BCUT2D eigenvalue weighted by atomic mass is 10.1. The molecule has 0 aliphatic heterocycles. The topological polar surface area (TPSA) is 74.1 Å². The first-order chi connectivity index (χ1) is 12.1. The molecule has 0 fully saturated rings. The third-order valence-corrected chi connectivity index (χ3v) is 3.80. The third kappa shape index (κ3) is 3.75. The zero-order valence-corrected chi connectivity index (χ0v) is 14.1. The van der Waals surface area contributed by atoms with Gasteiger partial charge in [-0.25, -0.2) is 4.79 Å². The summed E-state index contributed by atoms with van der Waals surface area (Å²) in [7, 11) is 0. The molecule has 0 unspecified atom stereocenters. The molecule has 0 saturated heterocycles. The van der Waals surface area contributed by atoms with Gasteiger partial charge in [-0.15, -0.1) is 5.10 Å². The molecule has 7 heteroatoms. The van der Waals surface area contributed by atoms with E-state index in [1.165, 1.54) is 4.80 Å². The summed E-state index contributed by atoms with van der Waals surface area (Å²) in [5, 5.41) is 8.66. The van der Waals surface area contributed by atoms with Gasteiger partial charge in [-0.1, -0.05) is 41.9 Å². The molecule has 3 aromatic rings. The van der Waals surface area contributed by atoms with Gasteiger partial charge in [0.05, 0.1) is 16.4 Å². The number of halogens is 1. The van der Waals surface area contributed by atoms with Gasteiger partial charge in [0.2, 0.25) is 5.78 Å². The Balaban J connectivity index is 1.71. The minimum Gasteiger partial charge on any atom is -0.452 e. The maximum Gasteiger partial charge on any atom is 0.361 e. The average Bonchev–Trinajstić information content (AvgIpc) is 3.02. The van der Waals surface area contributed by atoms with Gasteiger partial charge in [-0.05, 0) is 31.2 Å². The van der Waals surface area contributed by atoms with E-state index in [0.717, 1.165) is 5.69 Å². The molecule has 0 aliphatic rings. The van der Waals surface area contributed by atoms with Gasteiger partial charge in [0.25, 0.3) is 0 Å². The molecule has 0 amide bonds. The molecular formula is C18H14ClN3O3. The maximum absolute atomic E-state index is 12.2. The predicted octanol–water partition coefficient (Wildman–Crippen LogP) is 3.27. The summed E-state index contributed by atoms with van der Waals surface area (Å²) in [4.78, 5) is 25.7. The fourth-order valence-corrected chi connectivity index (χ4v) is 2.45. The van der Waals surface area contributed by atoms with Crippen molar-refractivity contribution in [3.05, 3.63) is 76.6 Å². The van der Waals surface area contributed by atoms with Crippen LogP contribution in [0.25, 0.3) is 5.69 Å². The number of hydrogen-bond donors (Lipinski definition) is 0. The van der Waals surface area contributed by atoms with Crippen molar-refractivity contribution in [1.29, 1.82) is 0 Å². The van der Waals surface area contributed by atoms with Gasteiger partial charge in [-0.2, -0.15) is 9.90 Å². The lowest BCUT2D eigenvalue weighted by molar-refractivity contribution is 0.0467. The standard InChI is InChI=1S/C18H14ClN3O3/c1-12-17(21-22(20-12)13-7-3-2-4-8-13)18(24)25-11-16(23)14-9-5-6-10-15(14)19/h2-10H,11H2,1H3. The number of hydrogen-bond acceptors (Lipinski definition) is 5. The Kier molecular flexibility index (Phi) is 4.90. The largest absolute Gasteiger partial charge is 0.452 e. The number of benzene rings is 2. The fourth-order valence-electron chi connectivity index (χ4n) is 2.21. The molecule has 0 N–H and O–H groups in total. The van der Waals surface area contributed by atoms with Crippen LogP contribution in [0, 0.1) is 6.92 Å². The van der Waals surface area contributed by atoms with Gasteiger partial charge in [-0.3, -0.25) is 4.79 Å².